The zero-order chi connectivity index (χ0) is 14.1. The van der Waals surface area contributed by atoms with Crippen LogP contribution in [0.4, 0.5) is 11.5 Å². The number of aromatic nitrogens is 2. The van der Waals surface area contributed by atoms with Crippen molar-refractivity contribution in [3.63, 3.8) is 0 Å². The van der Waals surface area contributed by atoms with Crippen LogP contribution < -0.4 is 5.32 Å². The number of halogens is 3. The first-order valence-electron chi connectivity index (χ1n) is 5.79. The van der Waals surface area contributed by atoms with E-state index in [-0.39, 0.29) is 0 Å². The summed E-state index contributed by atoms with van der Waals surface area (Å²) in [5.41, 5.74) is 0.819. The van der Waals surface area contributed by atoms with Gasteiger partial charge in [-0.05, 0) is 28.1 Å². The topological polar surface area (TPSA) is 37.8 Å². The molecule has 0 saturated carbocycles. The highest BCUT2D eigenvalue weighted by atomic mass is 79.9. The maximum atomic E-state index is 6.08. The molecule has 3 rings (SSSR count). The molecule has 0 spiro atoms. The van der Waals surface area contributed by atoms with E-state index >= 15 is 0 Å². The smallest absolute Gasteiger partial charge is 0.161 e. The van der Waals surface area contributed by atoms with E-state index in [0.717, 1.165) is 20.9 Å². The van der Waals surface area contributed by atoms with Crippen molar-refractivity contribution >= 4 is 61.4 Å². The second kappa shape index (κ2) is 5.56. The molecule has 20 heavy (non-hydrogen) atoms. The van der Waals surface area contributed by atoms with Crippen LogP contribution in [-0.2, 0) is 0 Å². The average Bonchev–Trinajstić information content (AvgIpc) is 2.47. The fourth-order valence-electron chi connectivity index (χ4n) is 1.89. The van der Waals surface area contributed by atoms with Crippen LogP contribution in [-0.4, -0.2) is 10.2 Å². The van der Waals surface area contributed by atoms with Gasteiger partial charge in [-0.2, -0.15) is 0 Å². The maximum absolute atomic E-state index is 6.08. The lowest BCUT2D eigenvalue weighted by Crippen LogP contribution is -1.98. The number of benzene rings is 2. The first-order valence-corrected chi connectivity index (χ1v) is 7.33. The molecule has 0 aliphatic heterocycles. The Morgan fingerprint density at radius 2 is 1.65 bits per heavy atom. The van der Waals surface area contributed by atoms with Crippen LogP contribution in [0.1, 0.15) is 0 Å². The molecular formula is C14H8BrCl2N3. The van der Waals surface area contributed by atoms with Gasteiger partial charge >= 0.3 is 0 Å². The highest BCUT2D eigenvalue weighted by Gasteiger charge is 2.10. The van der Waals surface area contributed by atoms with Gasteiger partial charge in [-0.3, -0.25) is 0 Å². The lowest BCUT2D eigenvalue weighted by molar-refractivity contribution is 1.05. The number of fused-ring (bicyclic) bond motifs is 1. The maximum Gasteiger partial charge on any atom is 0.161 e. The molecule has 0 aliphatic carbocycles. The zero-order valence-corrected chi connectivity index (χ0v) is 13.2. The van der Waals surface area contributed by atoms with Crippen LogP contribution in [0.15, 0.2) is 46.9 Å². The summed E-state index contributed by atoms with van der Waals surface area (Å²) in [5, 5.41) is 14.1. The highest BCUT2D eigenvalue weighted by Crippen LogP contribution is 2.34. The largest absolute Gasteiger partial charge is 0.337 e. The third kappa shape index (κ3) is 2.46. The Bertz CT molecular complexity index is 792. The molecule has 0 atom stereocenters. The van der Waals surface area contributed by atoms with Gasteiger partial charge in [0.15, 0.2) is 11.0 Å². The average molecular weight is 369 g/mol. The van der Waals surface area contributed by atoms with E-state index in [1.165, 1.54) is 0 Å². The molecule has 100 valence electrons. The molecule has 0 unspecified atom stereocenters. The van der Waals surface area contributed by atoms with Gasteiger partial charge in [-0.1, -0.05) is 53.5 Å². The lowest BCUT2D eigenvalue weighted by Gasteiger charge is -2.11. The quantitative estimate of drug-likeness (QED) is 0.654. The molecule has 1 N–H and O–H groups in total. The van der Waals surface area contributed by atoms with E-state index in [4.69, 9.17) is 23.2 Å². The van der Waals surface area contributed by atoms with Crippen molar-refractivity contribution in [2.24, 2.45) is 0 Å². The van der Waals surface area contributed by atoms with Gasteiger partial charge in [0.2, 0.25) is 0 Å². The Labute approximate surface area is 134 Å². The lowest BCUT2D eigenvalue weighted by atomic mass is 10.2. The number of rotatable bonds is 2. The predicted octanol–water partition coefficient (Wildman–Crippen LogP) is 5.44. The van der Waals surface area contributed by atoms with Crippen molar-refractivity contribution in [2.75, 3.05) is 5.32 Å². The van der Waals surface area contributed by atoms with Gasteiger partial charge in [0, 0.05) is 10.8 Å². The summed E-state index contributed by atoms with van der Waals surface area (Å²) in [6.45, 7) is 0. The minimum atomic E-state index is 0.385. The van der Waals surface area contributed by atoms with E-state index in [9.17, 15) is 0 Å². The van der Waals surface area contributed by atoms with E-state index in [0.29, 0.717) is 16.0 Å². The predicted molar refractivity (Wildman–Crippen MR) is 87.0 cm³/mol. The van der Waals surface area contributed by atoms with Crippen molar-refractivity contribution < 1.29 is 0 Å². The van der Waals surface area contributed by atoms with Gasteiger partial charge in [0.1, 0.15) is 0 Å². The molecule has 0 bridgehead atoms. The number of hydrogen-bond acceptors (Lipinski definition) is 3. The second-order valence-electron chi connectivity index (χ2n) is 4.11. The van der Waals surface area contributed by atoms with Crippen LogP contribution in [0, 0.1) is 0 Å². The van der Waals surface area contributed by atoms with E-state index < -0.39 is 0 Å². The summed E-state index contributed by atoms with van der Waals surface area (Å²) in [6.07, 6.45) is 0. The third-order valence-corrected chi connectivity index (χ3v) is 4.52. The van der Waals surface area contributed by atoms with Crippen LogP contribution in [0.25, 0.3) is 10.8 Å². The van der Waals surface area contributed by atoms with E-state index in [1.54, 1.807) is 0 Å². The van der Waals surface area contributed by atoms with Crippen molar-refractivity contribution in [3.05, 3.63) is 57.1 Å². The van der Waals surface area contributed by atoms with Crippen LogP contribution in [0.5, 0.6) is 0 Å². The zero-order valence-electron chi connectivity index (χ0n) is 10.1. The molecule has 0 saturated heterocycles. The monoisotopic (exact) mass is 367 g/mol. The molecule has 1 aromatic heterocycles. The molecule has 3 aromatic rings. The summed E-state index contributed by atoms with van der Waals surface area (Å²) in [7, 11) is 0. The van der Waals surface area contributed by atoms with Gasteiger partial charge in [-0.15, -0.1) is 10.2 Å². The molecular weight excluding hydrogens is 361 g/mol. The van der Waals surface area contributed by atoms with Gasteiger partial charge < -0.3 is 5.32 Å². The summed E-state index contributed by atoms with van der Waals surface area (Å²) in [6, 6.07) is 13.3. The Kier molecular flexibility index (Phi) is 3.78. The summed E-state index contributed by atoms with van der Waals surface area (Å²) >= 11 is 15.6. The SMILES string of the molecule is Clc1cccc(Nc2nnc(Cl)c3ccccc23)c1Br. The molecule has 0 fully saturated rings. The molecule has 0 aliphatic rings. The van der Waals surface area contributed by atoms with Crippen LogP contribution >= 0.6 is 39.1 Å². The molecule has 0 amide bonds. The standard InChI is InChI=1S/C14H8BrCl2N3/c15-12-10(16)6-3-7-11(12)18-14-9-5-2-1-4-8(9)13(17)19-20-14/h1-7H,(H,18,20). The Morgan fingerprint density at radius 1 is 0.900 bits per heavy atom. The molecule has 6 heteroatoms. The van der Waals surface area contributed by atoms with Crippen LogP contribution in [0.3, 0.4) is 0 Å². The fourth-order valence-corrected chi connectivity index (χ4v) is 2.63. The van der Waals surface area contributed by atoms with E-state index in [2.05, 4.69) is 31.4 Å². The third-order valence-electron chi connectivity index (χ3n) is 2.85. The number of nitrogens with zero attached hydrogens (tertiary/aromatic N) is 2. The van der Waals surface area contributed by atoms with Crippen molar-refractivity contribution in [1.82, 2.24) is 10.2 Å². The van der Waals surface area contributed by atoms with Gasteiger partial charge in [0.25, 0.3) is 0 Å². The van der Waals surface area contributed by atoms with Crippen molar-refractivity contribution in [3.8, 4) is 0 Å². The molecule has 1 heterocycles. The second-order valence-corrected chi connectivity index (χ2v) is 5.67. The highest BCUT2D eigenvalue weighted by molar-refractivity contribution is 9.10. The van der Waals surface area contributed by atoms with Crippen molar-refractivity contribution in [2.45, 2.75) is 0 Å². The van der Waals surface area contributed by atoms with E-state index in [1.807, 2.05) is 42.5 Å². The number of hydrogen-bond donors (Lipinski definition) is 1. The summed E-state index contributed by atoms with van der Waals surface area (Å²) in [4.78, 5) is 0. The number of nitrogens with one attached hydrogen (secondary N) is 1. The van der Waals surface area contributed by atoms with Gasteiger partial charge in [0.05, 0.1) is 15.2 Å². The fraction of sp³-hybridized carbons (Fsp3) is 0. The van der Waals surface area contributed by atoms with Gasteiger partial charge in [-0.25, -0.2) is 0 Å². The number of anilines is 2. The summed E-state index contributed by atoms with van der Waals surface area (Å²) < 4.78 is 0.780. The Balaban J connectivity index is 2.12. The van der Waals surface area contributed by atoms with Crippen molar-refractivity contribution in [1.29, 1.82) is 0 Å². The Morgan fingerprint density at radius 3 is 2.45 bits per heavy atom. The molecule has 2 aromatic carbocycles. The summed E-state index contributed by atoms with van der Waals surface area (Å²) in [5.74, 6) is 0.632. The first-order chi connectivity index (χ1) is 9.66. The minimum Gasteiger partial charge on any atom is -0.337 e. The first kappa shape index (κ1) is 13.6. The normalized spacial score (nSPS) is 10.8. The molecule has 0 radical (unpaired) electrons. The van der Waals surface area contributed by atoms with Crippen LogP contribution in [0.2, 0.25) is 10.2 Å². The molecule has 3 nitrogen and oxygen atoms in total. The Hall–Kier alpha value is -1.36. The minimum absolute atomic E-state index is 0.385.